The number of aromatic nitrogens is 1. The van der Waals surface area contributed by atoms with Crippen LogP contribution in [-0.2, 0) is 6.42 Å². The number of nitrogens with one attached hydrogen (secondary N) is 1. The second-order valence-electron chi connectivity index (χ2n) is 4.87. The number of nitrogens with two attached hydrogens (primary N) is 1. The van der Waals surface area contributed by atoms with Crippen molar-refractivity contribution in [2.24, 2.45) is 5.84 Å². The minimum Gasteiger partial charge on any atom is -0.271 e. The maximum atomic E-state index is 13.1. The lowest BCUT2D eigenvalue weighted by Gasteiger charge is -2.18. The molecule has 0 spiro atoms. The number of rotatable bonds is 4. The molecule has 0 saturated carbocycles. The lowest BCUT2D eigenvalue weighted by atomic mass is 9.99. The van der Waals surface area contributed by atoms with Crippen LogP contribution >= 0.6 is 11.6 Å². The van der Waals surface area contributed by atoms with E-state index in [-0.39, 0.29) is 11.9 Å². The average molecular weight is 294 g/mol. The summed E-state index contributed by atoms with van der Waals surface area (Å²) in [4.78, 5) is 4.43. The van der Waals surface area contributed by atoms with Gasteiger partial charge in [-0.2, -0.15) is 0 Å². The Bertz CT molecular complexity index is 616. The highest BCUT2D eigenvalue weighted by molar-refractivity contribution is 6.31. The van der Waals surface area contributed by atoms with Crippen LogP contribution < -0.4 is 11.3 Å². The molecule has 0 radical (unpaired) electrons. The molecule has 0 amide bonds. The quantitative estimate of drug-likeness (QED) is 0.672. The first-order valence-electron chi connectivity index (χ1n) is 6.34. The molecule has 1 unspecified atom stereocenters. The van der Waals surface area contributed by atoms with Crippen molar-refractivity contribution in [3.8, 4) is 0 Å². The molecule has 1 heterocycles. The van der Waals surface area contributed by atoms with Crippen LogP contribution in [0.25, 0.3) is 0 Å². The minimum atomic E-state index is -0.347. The molecule has 5 heteroatoms. The number of nitrogens with zero attached hydrogens (tertiary/aromatic N) is 1. The van der Waals surface area contributed by atoms with E-state index in [1.807, 2.05) is 13.8 Å². The Morgan fingerprint density at radius 2 is 2.10 bits per heavy atom. The van der Waals surface area contributed by atoms with Crippen LogP contribution in [0.2, 0.25) is 5.02 Å². The van der Waals surface area contributed by atoms with E-state index < -0.39 is 0 Å². The van der Waals surface area contributed by atoms with Gasteiger partial charge in [0, 0.05) is 11.2 Å². The van der Waals surface area contributed by atoms with E-state index in [4.69, 9.17) is 17.4 Å². The van der Waals surface area contributed by atoms with Gasteiger partial charge in [-0.1, -0.05) is 23.7 Å². The highest BCUT2D eigenvalue weighted by atomic mass is 35.5. The van der Waals surface area contributed by atoms with E-state index in [9.17, 15) is 4.39 Å². The topological polar surface area (TPSA) is 50.9 Å². The van der Waals surface area contributed by atoms with E-state index in [1.165, 1.54) is 12.1 Å². The SMILES string of the molecule is Cc1cnc(C(Cc2ccc(F)cc2Cl)NN)c(C)c1. The van der Waals surface area contributed by atoms with Crippen LogP contribution in [0.15, 0.2) is 30.5 Å². The summed E-state index contributed by atoms with van der Waals surface area (Å²) in [5.41, 5.74) is 6.62. The van der Waals surface area contributed by atoms with Gasteiger partial charge in [0.25, 0.3) is 0 Å². The molecule has 0 aliphatic rings. The summed E-state index contributed by atoms with van der Waals surface area (Å²) < 4.78 is 13.1. The molecule has 2 aromatic rings. The monoisotopic (exact) mass is 293 g/mol. The molecule has 0 aliphatic carbocycles. The maximum Gasteiger partial charge on any atom is 0.124 e. The van der Waals surface area contributed by atoms with Crippen molar-refractivity contribution in [3.63, 3.8) is 0 Å². The lowest BCUT2D eigenvalue weighted by molar-refractivity contribution is 0.534. The molecular weight excluding hydrogens is 277 g/mol. The Balaban J connectivity index is 2.28. The molecule has 1 aromatic carbocycles. The Kier molecular flexibility index (Phi) is 4.70. The Morgan fingerprint density at radius 3 is 2.70 bits per heavy atom. The molecule has 3 nitrogen and oxygen atoms in total. The van der Waals surface area contributed by atoms with Gasteiger partial charge in [-0.15, -0.1) is 0 Å². The van der Waals surface area contributed by atoms with Crippen LogP contribution in [-0.4, -0.2) is 4.98 Å². The summed E-state index contributed by atoms with van der Waals surface area (Å²) in [6.07, 6.45) is 2.35. The number of benzene rings is 1. The predicted molar refractivity (Wildman–Crippen MR) is 78.9 cm³/mol. The van der Waals surface area contributed by atoms with Crippen molar-refractivity contribution < 1.29 is 4.39 Å². The van der Waals surface area contributed by atoms with E-state index in [2.05, 4.69) is 16.5 Å². The van der Waals surface area contributed by atoms with Gasteiger partial charge in [-0.3, -0.25) is 16.3 Å². The van der Waals surface area contributed by atoms with Crippen molar-refractivity contribution in [1.82, 2.24) is 10.4 Å². The normalized spacial score (nSPS) is 12.4. The molecule has 2 rings (SSSR count). The van der Waals surface area contributed by atoms with E-state index in [0.717, 1.165) is 22.4 Å². The van der Waals surface area contributed by atoms with Gasteiger partial charge in [0.1, 0.15) is 5.82 Å². The second kappa shape index (κ2) is 6.31. The van der Waals surface area contributed by atoms with Crippen LogP contribution in [0.4, 0.5) is 4.39 Å². The van der Waals surface area contributed by atoms with Gasteiger partial charge in [-0.05, 0) is 49.1 Å². The summed E-state index contributed by atoms with van der Waals surface area (Å²) in [6, 6.07) is 6.26. The van der Waals surface area contributed by atoms with Gasteiger partial charge < -0.3 is 0 Å². The van der Waals surface area contributed by atoms with Crippen molar-refractivity contribution in [2.45, 2.75) is 26.3 Å². The van der Waals surface area contributed by atoms with Gasteiger partial charge in [0.15, 0.2) is 0 Å². The number of hydrogen-bond acceptors (Lipinski definition) is 3. The van der Waals surface area contributed by atoms with Gasteiger partial charge in [-0.25, -0.2) is 4.39 Å². The Labute approximate surface area is 122 Å². The molecule has 20 heavy (non-hydrogen) atoms. The molecular formula is C15H17ClFN3. The first kappa shape index (κ1) is 14.9. The highest BCUT2D eigenvalue weighted by Crippen LogP contribution is 2.24. The number of aryl methyl sites for hydroxylation is 2. The fourth-order valence-corrected chi connectivity index (χ4v) is 2.48. The van der Waals surface area contributed by atoms with Crippen molar-refractivity contribution in [3.05, 3.63) is 63.7 Å². The summed E-state index contributed by atoms with van der Waals surface area (Å²) in [5.74, 6) is 5.29. The van der Waals surface area contributed by atoms with Crippen molar-refractivity contribution in [1.29, 1.82) is 0 Å². The minimum absolute atomic E-state index is 0.168. The molecule has 1 aromatic heterocycles. The first-order chi connectivity index (χ1) is 9.51. The molecule has 0 bridgehead atoms. The van der Waals surface area contributed by atoms with Crippen LogP contribution in [0.5, 0.6) is 0 Å². The summed E-state index contributed by atoms with van der Waals surface area (Å²) in [6.45, 7) is 3.98. The average Bonchev–Trinajstić information content (AvgIpc) is 2.39. The summed E-state index contributed by atoms with van der Waals surface area (Å²) in [5, 5.41) is 0.398. The van der Waals surface area contributed by atoms with Gasteiger partial charge in [0.2, 0.25) is 0 Å². The largest absolute Gasteiger partial charge is 0.271 e. The summed E-state index contributed by atoms with van der Waals surface area (Å²) in [7, 11) is 0. The maximum absolute atomic E-state index is 13.1. The molecule has 1 atom stereocenters. The molecule has 0 saturated heterocycles. The highest BCUT2D eigenvalue weighted by Gasteiger charge is 2.16. The number of hydrazine groups is 1. The van der Waals surface area contributed by atoms with E-state index in [0.29, 0.717) is 11.4 Å². The fraction of sp³-hybridized carbons (Fsp3) is 0.267. The third-order valence-electron chi connectivity index (χ3n) is 3.23. The number of hydrogen-bond donors (Lipinski definition) is 2. The lowest BCUT2D eigenvalue weighted by Crippen LogP contribution is -2.31. The third kappa shape index (κ3) is 3.33. The van der Waals surface area contributed by atoms with E-state index in [1.54, 1.807) is 12.3 Å². The zero-order chi connectivity index (χ0) is 14.7. The molecule has 106 valence electrons. The second-order valence-corrected chi connectivity index (χ2v) is 5.28. The predicted octanol–water partition coefficient (Wildman–Crippen LogP) is 3.24. The zero-order valence-corrected chi connectivity index (χ0v) is 12.2. The summed E-state index contributed by atoms with van der Waals surface area (Å²) >= 11 is 6.05. The van der Waals surface area contributed by atoms with Gasteiger partial charge in [0.05, 0.1) is 11.7 Å². The van der Waals surface area contributed by atoms with Crippen LogP contribution in [0.3, 0.4) is 0 Å². The molecule has 0 fully saturated rings. The van der Waals surface area contributed by atoms with Crippen LogP contribution in [0.1, 0.15) is 28.4 Å². The third-order valence-corrected chi connectivity index (χ3v) is 3.58. The van der Waals surface area contributed by atoms with Crippen LogP contribution in [0, 0.1) is 19.7 Å². The molecule has 3 N–H and O–H groups in total. The molecule has 0 aliphatic heterocycles. The zero-order valence-electron chi connectivity index (χ0n) is 11.5. The van der Waals surface area contributed by atoms with Crippen molar-refractivity contribution in [2.75, 3.05) is 0 Å². The Morgan fingerprint density at radius 1 is 1.35 bits per heavy atom. The van der Waals surface area contributed by atoms with E-state index >= 15 is 0 Å². The first-order valence-corrected chi connectivity index (χ1v) is 6.72. The number of halogens is 2. The van der Waals surface area contributed by atoms with Crippen molar-refractivity contribution >= 4 is 11.6 Å². The van der Waals surface area contributed by atoms with Gasteiger partial charge >= 0.3 is 0 Å². The smallest absolute Gasteiger partial charge is 0.124 e. The fourth-order valence-electron chi connectivity index (χ4n) is 2.23. The standard InChI is InChI=1S/C15H17ClFN3/c1-9-5-10(2)15(19-8-9)14(20-18)6-11-3-4-12(17)7-13(11)16/h3-5,7-8,14,20H,6,18H2,1-2H3. The number of pyridine rings is 1. The Hall–Kier alpha value is -1.49.